The van der Waals surface area contributed by atoms with E-state index in [1.165, 1.54) is 0 Å². The molecule has 1 saturated carbocycles. The Kier molecular flexibility index (Phi) is 2.65. The van der Waals surface area contributed by atoms with Crippen LogP contribution in [0, 0.1) is 0 Å². The highest BCUT2D eigenvalue weighted by atomic mass is 19.4. The van der Waals surface area contributed by atoms with Gasteiger partial charge in [0.05, 0.1) is 12.0 Å². The maximum Gasteiger partial charge on any atom is 0.389 e. The summed E-state index contributed by atoms with van der Waals surface area (Å²) in [7, 11) is 0. The SMILES string of the molecule is NC1(c2noc(CCC(F)(F)F)n2)CCC1. The summed E-state index contributed by atoms with van der Waals surface area (Å²) in [6.07, 6.45) is -2.94. The minimum atomic E-state index is -4.20. The topological polar surface area (TPSA) is 64.9 Å². The molecule has 1 fully saturated rings. The molecule has 0 saturated heterocycles. The molecule has 0 bridgehead atoms. The number of nitrogens with zero attached hydrogens (tertiary/aromatic N) is 2. The van der Waals surface area contributed by atoms with Gasteiger partial charge in [-0.15, -0.1) is 0 Å². The summed E-state index contributed by atoms with van der Waals surface area (Å²) in [5.41, 5.74) is 5.33. The summed E-state index contributed by atoms with van der Waals surface area (Å²) in [5.74, 6) is 0.333. The molecule has 0 unspecified atom stereocenters. The van der Waals surface area contributed by atoms with Crippen LogP contribution in [0.25, 0.3) is 0 Å². The van der Waals surface area contributed by atoms with E-state index in [1.807, 2.05) is 0 Å². The van der Waals surface area contributed by atoms with Crippen molar-refractivity contribution in [2.75, 3.05) is 0 Å². The number of nitrogens with two attached hydrogens (primary N) is 1. The van der Waals surface area contributed by atoms with Crippen LogP contribution in [0.4, 0.5) is 13.2 Å². The smallest absolute Gasteiger partial charge is 0.339 e. The summed E-state index contributed by atoms with van der Waals surface area (Å²) >= 11 is 0. The Bertz CT molecular complexity index is 370. The van der Waals surface area contributed by atoms with Crippen LogP contribution in [0.15, 0.2) is 4.52 Å². The molecule has 16 heavy (non-hydrogen) atoms. The molecule has 4 nitrogen and oxygen atoms in total. The molecular weight excluding hydrogens is 223 g/mol. The molecule has 2 rings (SSSR count). The standard InChI is InChI=1S/C9H12F3N3O/c10-9(11,12)5-2-6-14-7(15-16-6)8(13)3-1-4-8/h1-5,13H2. The molecule has 1 heterocycles. The first-order chi connectivity index (χ1) is 7.39. The predicted molar refractivity (Wildman–Crippen MR) is 48.4 cm³/mol. The van der Waals surface area contributed by atoms with Crippen molar-refractivity contribution in [3.63, 3.8) is 0 Å². The molecule has 1 aromatic rings. The highest BCUT2D eigenvalue weighted by Crippen LogP contribution is 2.37. The van der Waals surface area contributed by atoms with Crippen LogP contribution in [0.3, 0.4) is 0 Å². The highest BCUT2D eigenvalue weighted by Gasteiger charge is 2.39. The van der Waals surface area contributed by atoms with E-state index in [9.17, 15) is 13.2 Å². The lowest BCUT2D eigenvalue weighted by Crippen LogP contribution is -2.44. The molecule has 0 atom stereocenters. The lowest BCUT2D eigenvalue weighted by molar-refractivity contribution is -0.134. The Hall–Kier alpha value is -1.11. The molecule has 0 spiro atoms. The molecule has 7 heteroatoms. The van der Waals surface area contributed by atoms with E-state index in [0.717, 1.165) is 19.3 Å². The number of aryl methyl sites for hydroxylation is 1. The maximum atomic E-state index is 11.9. The van der Waals surface area contributed by atoms with E-state index >= 15 is 0 Å². The number of alkyl halides is 3. The molecular formula is C9H12F3N3O. The molecule has 0 aromatic carbocycles. The molecule has 1 aliphatic rings. The molecule has 2 N–H and O–H groups in total. The minimum Gasteiger partial charge on any atom is -0.339 e. The van der Waals surface area contributed by atoms with Gasteiger partial charge in [-0.1, -0.05) is 5.16 Å². The zero-order valence-corrected chi connectivity index (χ0v) is 8.55. The Morgan fingerprint density at radius 2 is 2.06 bits per heavy atom. The zero-order valence-electron chi connectivity index (χ0n) is 8.55. The van der Waals surface area contributed by atoms with Crippen LogP contribution in [-0.2, 0) is 12.0 Å². The quantitative estimate of drug-likeness (QED) is 0.869. The largest absolute Gasteiger partial charge is 0.389 e. The van der Waals surface area contributed by atoms with E-state index in [-0.39, 0.29) is 12.3 Å². The van der Waals surface area contributed by atoms with Gasteiger partial charge < -0.3 is 10.3 Å². The van der Waals surface area contributed by atoms with Crippen molar-refractivity contribution in [2.24, 2.45) is 5.73 Å². The number of halogens is 3. The molecule has 0 amide bonds. The van der Waals surface area contributed by atoms with Gasteiger partial charge >= 0.3 is 6.18 Å². The van der Waals surface area contributed by atoms with Gasteiger partial charge in [-0.3, -0.25) is 0 Å². The fourth-order valence-corrected chi connectivity index (χ4v) is 1.59. The maximum absolute atomic E-state index is 11.9. The van der Waals surface area contributed by atoms with Gasteiger partial charge in [0.15, 0.2) is 5.82 Å². The lowest BCUT2D eigenvalue weighted by atomic mass is 9.77. The molecule has 0 radical (unpaired) electrons. The number of hydrogen-bond acceptors (Lipinski definition) is 4. The van der Waals surface area contributed by atoms with Gasteiger partial charge in [-0.05, 0) is 19.3 Å². The summed E-state index contributed by atoms with van der Waals surface area (Å²) in [4.78, 5) is 3.90. The van der Waals surface area contributed by atoms with Gasteiger partial charge in [0.1, 0.15) is 0 Å². The average molecular weight is 235 g/mol. The lowest BCUT2D eigenvalue weighted by Gasteiger charge is -2.34. The Balaban J connectivity index is 1.97. The third kappa shape index (κ3) is 2.34. The van der Waals surface area contributed by atoms with Gasteiger partial charge in [0.25, 0.3) is 0 Å². The average Bonchev–Trinajstić information content (AvgIpc) is 2.58. The highest BCUT2D eigenvalue weighted by molar-refractivity contribution is 5.08. The zero-order chi connectivity index (χ0) is 11.8. The van der Waals surface area contributed by atoms with Crippen molar-refractivity contribution in [3.05, 3.63) is 11.7 Å². The van der Waals surface area contributed by atoms with Gasteiger partial charge in [0, 0.05) is 6.42 Å². The van der Waals surface area contributed by atoms with Crippen LogP contribution >= 0.6 is 0 Å². The third-order valence-corrected chi connectivity index (χ3v) is 2.78. The monoisotopic (exact) mass is 235 g/mol. The van der Waals surface area contributed by atoms with Gasteiger partial charge in [-0.2, -0.15) is 18.2 Å². The first kappa shape index (κ1) is 11.4. The number of hydrogen-bond donors (Lipinski definition) is 1. The van der Waals surface area contributed by atoms with Crippen LogP contribution in [0.1, 0.15) is 37.4 Å². The summed E-state index contributed by atoms with van der Waals surface area (Å²) < 4.78 is 40.6. The van der Waals surface area contributed by atoms with E-state index < -0.39 is 18.1 Å². The van der Waals surface area contributed by atoms with Crippen molar-refractivity contribution in [1.82, 2.24) is 10.1 Å². The van der Waals surface area contributed by atoms with Crippen molar-refractivity contribution in [3.8, 4) is 0 Å². The molecule has 90 valence electrons. The van der Waals surface area contributed by atoms with Crippen LogP contribution in [0.2, 0.25) is 0 Å². The van der Waals surface area contributed by atoms with Gasteiger partial charge in [-0.25, -0.2) is 0 Å². The number of rotatable bonds is 3. The Labute approximate surface area is 90.0 Å². The van der Waals surface area contributed by atoms with Crippen molar-refractivity contribution in [2.45, 2.75) is 43.8 Å². The van der Waals surface area contributed by atoms with E-state index in [4.69, 9.17) is 10.3 Å². The molecule has 1 aliphatic carbocycles. The second kappa shape index (κ2) is 3.73. The fraction of sp³-hybridized carbons (Fsp3) is 0.778. The van der Waals surface area contributed by atoms with Crippen LogP contribution in [0.5, 0.6) is 0 Å². The third-order valence-electron chi connectivity index (χ3n) is 2.78. The van der Waals surface area contributed by atoms with E-state index in [2.05, 4.69) is 10.1 Å². The summed E-state index contributed by atoms with van der Waals surface area (Å²) in [6.45, 7) is 0. The minimum absolute atomic E-state index is 0.00375. The first-order valence-electron chi connectivity index (χ1n) is 5.08. The fourth-order valence-electron chi connectivity index (χ4n) is 1.59. The van der Waals surface area contributed by atoms with Crippen molar-refractivity contribution >= 4 is 0 Å². The second-order valence-electron chi connectivity index (χ2n) is 4.14. The van der Waals surface area contributed by atoms with E-state index in [1.54, 1.807) is 0 Å². The second-order valence-corrected chi connectivity index (χ2v) is 4.14. The van der Waals surface area contributed by atoms with Gasteiger partial charge in [0.2, 0.25) is 5.89 Å². The van der Waals surface area contributed by atoms with Crippen LogP contribution in [-0.4, -0.2) is 16.3 Å². The van der Waals surface area contributed by atoms with Crippen LogP contribution < -0.4 is 5.73 Å². The molecule has 0 aliphatic heterocycles. The normalized spacial score (nSPS) is 19.5. The predicted octanol–water partition coefficient (Wildman–Crippen LogP) is 1.90. The summed E-state index contributed by atoms with van der Waals surface area (Å²) in [5, 5.41) is 3.63. The summed E-state index contributed by atoms with van der Waals surface area (Å²) in [6, 6.07) is 0. The number of aromatic nitrogens is 2. The first-order valence-corrected chi connectivity index (χ1v) is 5.08. The Morgan fingerprint density at radius 1 is 1.38 bits per heavy atom. The van der Waals surface area contributed by atoms with E-state index in [0.29, 0.717) is 5.82 Å². The van der Waals surface area contributed by atoms with Crippen molar-refractivity contribution < 1.29 is 17.7 Å². The Morgan fingerprint density at radius 3 is 2.56 bits per heavy atom. The molecule has 1 aromatic heterocycles. The van der Waals surface area contributed by atoms with Crippen molar-refractivity contribution in [1.29, 1.82) is 0 Å².